The van der Waals surface area contributed by atoms with Crippen molar-refractivity contribution in [2.45, 2.75) is 6.92 Å². The van der Waals surface area contributed by atoms with Gasteiger partial charge < -0.3 is 10.6 Å². The average molecular weight is 276 g/mol. The third kappa shape index (κ3) is 2.68. The number of hydrogen-bond acceptors (Lipinski definition) is 4. The fraction of sp³-hybridized carbons (Fsp3) is 0.154. The first-order chi connectivity index (χ1) is 9.15. The number of rotatable bonds is 4. The van der Waals surface area contributed by atoms with Gasteiger partial charge in [0, 0.05) is 6.54 Å². The Morgan fingerprint density at radius 1 is 1.37 bits per heavy atom. The lowest BCUT2D eigenvalue weighted by atomic mass is 10.2. The summed E-state index contributed by atoms with van der Waals surface area (Å²) in [6.45, 7) is 2.42. The molecule has 1 aromatic heterocycles. The third-order valence-corrected chi connectivity index (χ3v) is 2.90. The molecule has 6 heteroatoms. The van der Waals surface area contributed by atoms with Crippen molar-refractivity contribution in [1.82, 2.24) is 10.2 Å². The molecule has 2 aromatic rings. The molecule has 0 radical (unpaired) electrons. The normalized spacial score (nSPS) is 10.2. The summed E-state index contributed by atoms with van der Waals surface area (Å²) in [4.78, 5) is 1.90. The number of thiocarbonyl (C=S) groups is 1. The molecule has 0 amide bonds. The van der Waals surface area contributed by atoms with Gasteiger partial charge in [-0.2, -0.15) is 5.10 Å². The van der Waals surface area contributed by atoms with Gasteiger partial charge in [0.25, 0.3) is 0 Å². The summed E-state index contributed by atoms with van der Waals surface area (Å²) in [5, 5.41) is 7.85. The number of para-hydroxylation sites is 1. The van der Waals surface area contributed by atoms with Crippen LogP contribution < -0.4 is 10.6 Å². The van der Waals surface area contributed by atoms with E-state index in [-0.39, 0.29) is 10.8 Å². The summed E-state index contributed by atoms with van der Waals surface area (Å²) in [5.41, 5.74) is 6.66. The standard InChI is InChI=1S/C13H13FN4S/c1-2-18(11-6-4-3-5-10(11)14)13-9(12(15)19)7-8-16-17-13/h3-8H,2H2,1H3,(H2,15,19). The first kappa shape index (κ1) is 13.4. The lowest BCUT2D eigenvalue weighted by Crippen LogP contribution is -2.23. The summed E-state index contributed by atoms with van der Waals surface area (Å²) >= 11 is 4.99. The third-order valence-electron chi connectivity index (χ3n) is 2.68. The van der Waals surface area contributed by atoms with Crippen LogP contribution in [0, 0.1) is 5.82 Å². The highest BCUT2D eigenvalue weighted by Gasteiger charge is 2.17. The monoisotopic (exact) mass is 276 g/mol. The molecule has 1 aromatic carbocycles. The van der Waals surface area contributed by atoms with Crippen molar-refractivity contribution >= 4 is 28.7 Å². The molecule has 0 aliphatic carbocycles. The van der Waals surface area contributed by atoms with Crippen LogP contribution in [0.4, 0.5) is 15.9 Å². The van der Waals surface area contributed by atoms with E-state index >= 15 is 0 Å². The van der Waals surface area contributed by atoms with Gasteiger partial charge in [-0.25, -0.2) is 4.39 Å². The Kier molecular flexibility index (Phi) is 4.01. The molecule has 98 valence electrons. The topological polar surface area (TPSA) is 55.0 Å². The van der Waals surface area contributed by atoms with Crippen LogP contribution in [0.1, 0.15) is 12.5 Å². The zero-order chi connectivity index (χ0) is 13.8. The van der Waals surface area contributed by atoms with Gasteiger partial charge in [0.1, 0.15) is 10.8 Å². The molecule has 0 unspecified atom stereocenters. The Labute approximate surface area is 116 Å². The number of aromatic nitrogens is 2. The van der Waals surface area contributed by atoms with Crippen LogP contribution >= 0.6 is 12.2 Å². The molecule has 19 heavy (non-hydrogen) atoms. The fourth-order valence-corrected chi connectivity index (χ4v) is 1.98. The number of anilines is 2. The minimum atomic E-state index is -0.330. The van der Waals surface area contributed by atoms with E-state index in [1.165, 1.54) is 12.3 Å². The van der Waals surface area contributed by atoms with Crippen molar-refractivity contribution in [1.29, 1.82) is 0 Å². The van der Waals surface area contributed by atoms with Crippen LogP contribution in [0.15, 0.2) is 36.5 Å². The Bertz CT molecular complexity index is 603. The van der Waals surface area contributed by atoms with Gasteiger partial charge in [-0.1, -0.05) is 24.4 Å². The number of nitrogens with zero attached hydrogens (tertiary/aromatic N) is 3. The average Bonchev–Trinajstić information content (AvgIpc) is 2.42. The van der Waals surface area contributed by atoms with Crippen LogP contribution in [0.3, 0.4) is 0 Å². The molecule has 0 saturated heterocycles. The maximum atomic E-state index is 13.9. The van der Waals surface area contributed by atoms with Crippen molar-refractivity contribution in [2.75, 3.05) is 11.4 Å². The van der Waals surface area contributed by atoms with Gasteiger partial charge in [0.2, 0.25) is 0 Å². The first-order valence-corrected chi connectivity index (χ1v) is 6.19. The Hall–Kier alpha value is -2.08. The molecule has 0 saturated carbocycles. The fourth-order valence-electron chi connectivity index (χ4n) is 1.82. The van der Waals surface area contributed by atoms with Crippen molar-refractivity contribution in [3.8, 4) is 0 Å². The highest BCUT2D eigenvalue weighted by Crippen LogP contribution is 2.27. The quantitative estimate of drug-likeness (QED) is 0.869. The summed E-state index contributed by atoms with van der Waals surface area (Å²) in [7, 11) is 0. The van der Waals surface area contributed by atoms with Gasteiger partial charge in [-0.05, 0) is 25.1 Å². The zero-order valence-electron chi connectivity index (χ0n) is 10.4. The maximum Gasteiger partial charge on any atom is 0.166 e. The molecular formula is C13H13FN4S. The smallest absolute Gasteiger partial charge is 0.166 e. The van der Waals surface area contributed by atoms with Crippen LogP contribution in [0.5, 0.6) is 0 Å². The highest BCUT2D eigenvalue weighted by molar-refractivity contribution is 7.80. The van der Waals surface area contributed by atoms with Crippen molar-refractivity contribution < 1.29 is 4.39 Å². The summed E-state index contributed by atoms with van der Waals surface area (Å²) in [6, 6.07) is 8.15. The molecule has 0 spiro atoms. The van der Waals surface area contributed by atoms with Gasteiger partial charge in [0.15, 0.2) is 5.82 Å². The molecule has 0 aliphatic rings. The van der Waals surface area contributed by atoms with E-state index in [4.69, 9.17) is 18.0 Å². The van der Waals surface area contributed by atoms with Crippen LogP contribution in [0.25, 0.3) is 0 Å². The first-order valence-electron chi connectivity index (χ1n) is 5.78. The van der Waals surface area contributed by atoms with Gasteiger partial charge in [-0.3, -0.25) is 0 Å². The molecule has 2 rings (SSSR count). The molecule has 0 aliphatic heterocycles. The second-order valence-electron chi connectivity index (χ2n) is 3.83. The second-order valence-corrected chi connectivity index (χ2v) is 4.27. The number of nitrogens with two attached hydrogens (primary N) is 1. The van der Waals surface area contributed by atoms with E-state index in [9.17, 15) is 4.39 Å². The summed E-state index contributed by atoms with van der Waals surface area (Å²) in [6.07, 6.45) is 1.51. The summed E-state index contributed by atoms with van der Waals surface area (Å²) in [5.74, 6) is 0.131. The van der Waals surface area contributed by atoms with E-state index in [1.54, 1.807) is 29.2 Å². The molecule has 0 bridgehead atoms. The number of hydrogen-bond donors (Lipinski definition) is 1. The van der Waals surface area contributed by atoms with Crippen LogP contribution in [-0.4, -0.2) is 21.7 Å². The molecular weight excluding hydrogens is 263 g/mol. The summed E-state index contributed by atoms with van der Waals surface area (Å²) < 4.78 is 13.9. The van der Waals surface area contributed by atoms with Gasteiger partial charge >= 0.3 is 0 Å². The van der Waals surface area contributed by atoms with E-state index < -0.39 is 0 Å². The lowest BCUT2D eigenvalue weighted by Gasteiger charge is -2.23. The minimum Gasteiger partial charge on any atom is -0.389 e. The van der Waals surface area contributed by atoms with E-state index in [1.807, 2.05) is 6.92 Å². The SMILES string of the molecule is CCN(c1ccccc1F)c1nnccc1C(N)=S. The Morgan fingerprint density at radius 3 is 2.74 bits per heavy atom. The molecule has 1 heterocycles. The molecule has 0 fully saturated rings. The van der Waals surface area contributed by atoms with Crippen molar-refractivity contribution in [2.24, 2.45) is 5.73 Å². The lowest BCUT2D eigenvalue weighted by molar-refractivity contribution is 0.625. The van der Waals surface area contributed by atoms with E-state index in [0.29, 0.717) is 23.6 Å². The van der Waals surface area contributed by atoms with Gasteiger partial charge in [0.05, 0.1) is 17.4 Å². The second kappa shape index (κ2) is 5.71. The van der Waals surface area contributed by atoms with E-state index in [0.717, 1.165) is 0 Å². The van der Waals surface area contributed by atoms with Crippen LogP contribution in [0.2, 0.25) is 0 Å². The number of halogens is 1. The molecule has 4 nitrogen and oxygen atoms in total. The minimum absolute atomic E-state index is 0.208. The van der Waals surface area contributed by atoms with Crippen molar-refractivity contribution in [3.05, 3.63) is 47.9 Å². The van der Waals surface area contributed by atoms with Crippen LogP contribution in [-0.2, 0) is 0 Å². The Balaban J connectivity index is 2.55. The van der Waals surface area contributed by atoms with E-state index in [2.05, 4.69) is 10.2 Å². The predicted molar refractivity (Wildman–Crippen MR) is 77.0 cm³/mol. The van der Waals surface area contributed by atoms with Gasteiger partial charge in [-0.15, -0.1) is 5.10 Å². The predicted octanol–water partition coefficient (Wildman–Crippen LogP) is 2.41. The Morgan fingerprint density at radius 2 is 2.11 bits per heavy atom. The maximum absolute atomic E-state index is 13.9. The van der Waals surface area contributed by atoms with Crippen molar-refractivity contribution in [3.63, 3.8) is 0 Å². The number of benzene rings is 1. The molecule has 2 N–H and O–H groups in total. The largest absolute Gasteiger partial charge is 0.389 e. The highest BCUT2D eigenvalue weighted by atomic mass is 32.1. The molecule has 0 atom stereocenters. The zero-order valence-corrected chi connectivity index (χ0v) is 11.2.